The van der Waals surface area contributed by atoms with E-state index in [-0.39, 0.29) is 12.5 Å². The molecular weight excluding hydrogens is 214 g/mol. The number of carbonyl (C=O) groups is 1. The monoisotopic (exact) mass is 241 g/mol. The first kappa shape index (κ1) is 14.7. The fourth-order valence-corrected chi connectivity index (χ4v) is 2.62. The van der Waals surface area contributed by atoms with Crippen LogP contribution in [0.2, 0.25) is 0 Å². The molecule has 3 heteroatoms. The predicted molar refractivity (Wildman–Crippen MR) is 69.9 cm³/mol. The van der Waals surface area contributed by atoms with Crippen molar-refractivity contribution in [1.82, 2.24) is 4.90 Å². The summed E-state index contributed by atoms with van der Waals surface area (Å²) in [5, 5.41) is 8.90. The van der Waals surface area contributed by atoms with Crippen molar-refractivity contribution in [2.75, 3.05) is 19.7 Å². The number of ketones is 1. The highest BCUT2D eigenvalue weighted by Gasteiger charge is 2.28. The Morgan fingerprint density at radius 2 is 2.18 bits per heavy atom. The molecule has 2 atom stereocenters. The standard InChI is InChI=1S/C14H27NO2/c1-11(2)15(7-4-8-16)10-13-9-12(3)5-6-14(13)17/h11-13,16H,4-10H2,1-3H3. The first-order valence-corrected chi connectivity index (χ1v) is 6.92. The average Bonchev–Trinajstić information content (AvgIpc) is 2.28. The minimum atomic E-state index is 0.222. The molecule has 0 radical (unpaired) electrons. The van der Waals surface area contributed by atoms with Crippen LogP contribution in [-0.2, 0) is 4.79 Å². The summed E-state index contributed by atoms with van der Waals surface area (Å²) < 4.78 is 0. The molecule has 1 aliphatic carbocycles. The molecule has 1 rings (SSSR count). The van der Waals surface area contributed by atoms with Crippen LogP contribution in [0.1, 0.15) is 46.5 Å². The number of Topliss-reactive ketones (excluding diaryl/α,β-unsaturated/α-hetero) is 1. The molecular formula is C14H27NO2. The van der Waals surface area contributed by atoms with E-state index in [9.17, 15) is 4.79 Å². The van der Waals surface area contributed by atoms with Gasteiger partial charge in [-0.1, -0.05) is 6.92 Å². The van der Waals surface area contributed by atoms with Gasteiger partial charge in [-0.3, -0.25) is 4.79 Å². The maximum absolute atomic E-state index is 11.9. The van der Waals surface area contributed by atoms with Gasteiger partial charge in [0.05, 0.1) is 0 Å². The average molecular weight is 241 g/mol. The minimum Gasteiger partial charge on any atom is -0.396 e. The summed E-state index contributed by atoms with van der Waals surface area (Å²) in [5.74, 6) is 1.35. The number of rotatable bonds is 6. The van der Waals surface area contributed by atoms with Crippen LogP contribution in [0, 0.1) is 11.8 Å². The van der Waals surface area contributed by atoms with Crippen molar-refractivity contribution >= 4 is 5.78 Å². The first-order valence-electron chi connectivity index (χ1n) is 6.92. The van der Waals surface area contributed by atoms with Gasteiger partial charge in [0.15, 0.2) is 0 Å². The van der Waals surface area contributed by atoms with Crippen molar-refractivity contribution in [2.45, 2.75) is 52.5 Å². The largest absolute Gasteiger partial charge is 0.396 e. The molecule has 0 aromatic heterocycles. The van der Waals surface area contributed by atoms with Gasteiger partial charge in [0.2, 0.25) is 0 Å². The number of nitrogens with zero attached hydrogens (tertiary/aromatic N) is 1. The number of aliphatic hydroxyl groups excluding tert-OH is 1. The van der Waals surface area contributed by atoms with Gasteiger partial charge in [-0.05, 0) is 39.0 Å². The van der Waals surface area contributed by atoms with Crippen molar-refractivity contribution in [2.24, 2.45) is 11.8 Å². The highest BCUT2D eigenvalue weighted by Crippen LogP contribution is 2.27. The van der Waals surface area contributed by atoms with Crippen molar-refractivity contribution in [1.29, 1.82) is 0 Å². The van der Waals surface area contributed by atoms with Gasteiger partial charge >= 0.3 is 0 Å². The molecule has 0 aliphatic heterocycles. The molecule has 17 heavy (non-hydrogen) atoms. The molecule has 0 spiro atoms. The zero-order valence-corrected chi connectivity index (χ0v) is 11.5. The molecule has 100 valence electrons. The molecule has 0 aromatic carbocycles. The molecule has 0 heterocycles. The maximum Gasteiger partial charge on any atom is 0.137 e. The molecule has 0 bridgehead atoms. The Balaban J connectivity index is 2.49. The molecule has 1 N–H and O–H groups in total. The number of aliphatic hydroxyl groups is 1. The van der Waals surface area contributed by atoms with Gasteiger partial charge in [-0.2, -0.15) is 0 Å². The van der Waals surface area contributed by atoms with Crippen LogP contribution in [0.5, 0.6) is 0 Å². The second-order valence-corrected chi connectivity index (χ2v) is 5.71. The predicted octanol–water partition coefficient (Wildman–Crippen LogP) is 2.08. The Morgan fingerprint density at radius 1 is 1.47 bits per heavy atom. The molecule has 1 aliphatic rings. The normalized spacial score (nSPS) is 25.9. The van der Waals surface area contributed by atoms with E-state index >= 15 is 0 Å². The first-order chi connectivity index (χ1) is 8.04. The van der Waals surface area contributed by atoms with Crippen LogP contribution in [0.25, 0.3) is 0 Å². The molecule has 1 saturated carbocycles. The van der Waals surface area contributed by atoms with E-state index in [2.05, 4.69) is 25.7 Å². The Kier molecular flexibility index (Phi) is 6.14. The molecule has 0 saturated heterocycles. The topological polar surface area (TPSA) is 40.5 Å². The van der Waals surface area contributed by atoms with Crippen LogP contribution >= 0.6 is 0 Å². The van der Waals surface area contributed by atoms with E-state index in [0.717, 1.165) is 38.8 Å². The van der Waals surface area contributed by atoms with Gasteiger partial charge in [-0.15, -0.1) is 0 Å². The molecule has 1 fully saturated rings. The van der Waals surface area contributed by atoms with E-state index < -0.39 is 0 Å². The molecule has 0 aromatic rings. The summed E-state index contributed by atoms with van der Waals surface area (Å²) in [7, 11) is 0. The Hall–Kier alpha value is -0.410. The SMILES string of the molecule is CC1CCC(=O)C(CN(CCCO)C(C)C)C1. The summed E-state index contributed by atoms with van der Waals surface area (Å²) in [4.78, 5) is 14.2. The highest BCUT2D eigenvalue weighted by atomic mass is 16.3. The van der Waals surface area contributed by atoms with Crippen molar-refractivity contribution < 1.29 is 9.90 Å². The summed E-state index contributed by atoms with van der Waals surface area (Å²) in [6.45, 7) is 8.57. The van der Waals surface area contributed by atoms with E-state index in [0.29, 0.717) is 17.7 Å². The van der Waals surface area contributed by atoms with Crippen LogP contribution in [0.3, 0.4) is 0 Å². The summed E-state index contributed by atoms with van der Waals surface area (Å²) >= 11 is 0. The van der Waals surface area contributed by atoms with E-state index in [4.69, 9.17) is 5.11 Å². The van der Waals surface area contributed by atoms with Crippen molar-refractivity contribution in [3.8, 4) is 0 Å². The Labute approximate surface area is 105 Å². The van der Waals surface area contributed by atoms with Crippen molar-refractivity contribution in [3.05, 3.63) is 0 Å². The minimum absolute atomic E-state index is 0.222. The summed E-state index contributed by atoms with van der Waals surface area (Å²) in [6.07, 6.45) is 3.67. The lowest BCUT2D eigenvalue weighted by atomic mass is 9.81. The van der Waals surface area contributed by atoms with Crippen molar-refractivity contribution in [3.63, 3.8) is 0 Å². The summed E-state index contributed by atoms with van der Waals surface area (Å²) in [5.41, 5.74) is 0. The third-order valence-electron chi connectivity index (χ3n) is 3.81. The van der Waals surface area contributed by atoms with E-state index in [1.807, 2.05) is 0 Å². The smallest absolute Gasteiger partial charge is 0.137 e. The van der Waals surface area contributed by atoms with Crippen LogP contribution in [-0.4, -0.2) is 41.5 Å². The van der Waals surface area contributed by atoms with Gasteiger partial charge in [-0.25, -0.2) is 0 Å². The summed E-state index contributed by atoms with van der Waals surface area (Å²) in [6, 6.07) is 0.451. The number of hydrogen-bond donors (Lipinski definition) is 1. The molecule has 3 nitrogen and oxygen atoms in total. The fourth-order valence-electron chi connectivity index (χ4n) is 2.62. The third-order valence-corrected chi connectivity index (χ3v) is 3.81. The maximum atomic E-state index is 11.9. The fraction of sp³-hybridized carbons (Fsp3) is 0.929. The zero-order chi connectivity index (χ0) is 12.8. The molecule has 2 unspecified atom stereocenters. The lowest BCUT2D eigenvalue weighted by Gasteiger charge is -2.33. The lowest BCUT2D eigenvalue weighted by molar-refractivity contribution is -0.126. The Bertz CT molecular complexity index is 240. The van der Waals surface area contributed by atoms with Gasteiger partial charge in [0.1, 0.15) is 5.78 Å². The van der Waals surface area contributed by atoms with Gasteiger partial charge in [0, 0.05) is 38.1 Å². The second kappa shape index (κ2) is 7.12. The lowest BCUT2D eigenvalue weighted by Crippen LogP contribution is -2.40. The quantitative estimate of drug-likeness (QED) is 0.774. The third kappa shape index (κ3) is 4.76. The highest BCUT2D eigenvalue weighted by molar-refractivity contribution is 5.81. The number of carbonyl (C=O) groups excluding carboxylic acids is 1. The van der Waals surface area contributed by atoms with Crippen LogP contribution < -0.4 is 0 Å². The zero-order valence-electron chi connectivity index (χ0n) is 11.5. The van der Waals surface area contributed by atoms with E-state index in [1.54, 1.807) is 0 Å². The van der Waals surface area contributed by atoms with Gasteiger partial charge in [0.25, 0.3) is 0 Å². The number of hydrogen-bond acceptors (Lipinski definition) is 3. The Morgan fingerprint density at radius 3 is 2.76 bits per heavy atom. The van der Waals surface area contributed by atoms with Crippen LogP contribution in [0.15, 0.2) is 0 Å². The van der Waals surface area contributed by atoms with Crippen LogP contribution in [0.4, 0.5) is 0 Å². The van der Waals surface area contributed by atoms with E-state index in [1.165, 1.54) is 0 Å². The molecule has 0 amide bonds. The second-order valence-electron chi connectivity index (χ2n) is 5.71. The van der Waals surface area contributed by atoms with Gasteiger partial charge < -0.3 is 10.0 Å².